The molecular weight excluding hydrogens is 362 g/mol. The van der Waals surface area contributed by atoms with Crippen molar-refractivity contribution in [2.75, 3.05) is 5.73 Å². The Morgan fingerprint density at radius 3 is 2.72 bits per heavy atom. The van der Waals surface area contributed by atoms with Crippen LogP contribution in [-0.4, -0.2) is 4.98 Å². The van der Waals surface area contributed by atoms with Crippen LogP contribution in [0, 0.1) is 11.3 Å². The van der Waals surface area contributed by atoms with E-state index in [-0.39, 0.29) is 11.6 Å². The van der Waals surface area contributed by atoms with E-state index in [9.17, 15) is 0 Å². The Labute approximate surface area is 121 Å². The van der Waals surface area contributed by atoms with E-state index in [4.69, 9.17) is 15.7 Å². The summed E-state index contributed by atoms with van der Waals surface area (Å²) in [5.41, 5.74) is 6.36. The van der Waals surface area contributed by atoms with Gasteiger partial charge in [0, 0.05) is 10.7 Å². The van der Waals surface area contributed by atoms with Crippen molar-refractivity contribution >= 4 is 37.5 Å². The van der Waals surface area contributed by atoms with Crippen LogP contribution in [0.25, 0.3) is 0 Å². The molecule has 1 aromatic carbocycles. The summed E-state index contributed by atoms with van der Waals surface area (Å²) in [5.74, 6) is 0.796. The van der Waals surface area contributed by atoms with Crippen molar-refractivity contribution in [1.29, 1.82) is 5.26 Å². The van der Waals surface area contributed by atoms with Crippen LogP contribution in [0.4, 0.5) is 5.69 Å². The zero-order chi connectivity index (χ0) is 13.1. The van der Waals surface area contributed by atoms with E-state index in [1.807, 2.05) is 18.2 Å². The lowest BCUT2D eigenvalue weighted by atomic mass is 10.2. The highest BCUT2D eigenvalue weighted by molar-refractivity contribution is 9.11. The second-order valence-electron chi connectivity index (χ2n) is 3.37. The molecule has 0 aliphatic heterocycles. The normalized spacial score (nSPS) is 9.83. The number of nitrogens with zero attached hydrogens (tertiary/aromatic N) is 2. The van der Waals surface area contributed by atoms with Gasteiger partial charge in [-0.1, -0.05) is 15.9 Å². The number of hydrogen-bond donors (Lipinski definition) is 1. The van der Waals surface area contributed by atoms with Gasteiger partial charge >= 0.3 is 0 Å². The number of halogens is 2. The zero-order valence-electron chi connectivity index (χ0n) is 9.02. The van der Waals surface area contributed by atoms with Crippen LogP contribution in [0.2, 0.25) is 0 Å². The van der Waals surface area contributed by atoms with Gasteiger partial charge in [-0.3, -0.25) is 0 Å². The van der Waals surface area contributed by atoms with Gasteiger partial charge in [-0.05, 0) is 40.2 Å². The maximum absolute atomic E-state index is 8.87. The van der Waals surface area contributed by atoms with Crippen molar-refractivity contribution in [2.45, 2.75) is 0 Å². The Bertz CT molecular complexity index is 638. The Hall–Kier alpha value is -1.58. The average molecular weight is 369 g/mol. The first kappa shape index (κ1) is 12.9. The Kier molecular flexibility index (Phi) is 3.84. The van der Waals surface area contributed by atoms with Crippen LogP contribution in [0.5, 0.6) is 11.6 Å². The van der Waals surface area contributed by atoms with E-state index in [2.05, 4.69) is 36.8 Å². The summed E-state index contributed by atoms with van der Waals surface area (Å²) in [5, 5.41) is 8.87. The molecule has 18 heavy (non-hydrogen) atoms. The molecule has 0 radical (unpaired) electrons. The third-order valence-corrected chi connectivity index (χ3v) is 3.29. The van der Waals surface area contributed by atoms with Gasteiger partial charge in [-0.2, -0.15) is 5.26 Å². The van der Waals surface area contributed by atoms with Gasteiger partial charge in [0.1, 0.15) is 17.5 Å². The Morgan fingerprint density at radius 1 is 1.28 bits per heavy atom. The fourth-order valence-corrected chi connectivity index (χ4v) is 2.42. The SMILES string of the molecule is N#Cc1ccnc(Oc2ccc(Br)cc2Br)c1N. The van der Waals surface area contributed by atoms with Gasteiger partial charge in [0.05, 0.1) is 10.0 Å². The summed E-state index contributed by atoms with van der Waals surface area (Å²) in [4.78, 5) is 4.01. The molecule has 4 nitrogen and oxygen atoms in total. The van der Waals surface area contributed by atoms with E-state index < -0.39 is 0 Å². The van der Waals surface area contributed by atoms with Gasteiger partial charge < -0.3 is 10.5 Å². The van der Waals surface area contributed by atoms with E-state index in [0.717, 1.165) is 8.95 Å². The van der Waals surface area contributed by atoms with E-state index in [0.29, 0.717) is 11.3 Å². The van der Waals surface area contributed by atoms with E-state index in [1.54, 1.807) is 12.1 Å². The van der Waals surface area contributed by atoms with Crippen LogP contribution < -0.4 is 10.5 Å². The maximum atomic E-state index is 8.87. The number of benzene rings is 1. The molecule has 0 fully saturated rings. The maximum Gasteiger partial charge on any atom is 0.244 e. The molecule has 0 spiro atoms. The number of rotatable bonds is 2. The van der Waals surface area contributed by atoms with E-state index in [1.165, 1.54) is 6.20 Å². The number of aromatic nitrogens is 1. The first-order chi connectivity index (χ1) is 8.61. The summed E-state index contributed by atoms with van der Waals surface area (Å²) in [7, 11) is 0. The number of nitriles is 1. The lowest BCUT2D eigenvalue weighted by molar-refractivity contribution is 0.462. The lowest BCUT2D eigenvalue weighted by Gasteiger charge is -2.09. The highest BCUT2D eigenvalue weighted by Gasteiger charge is 2.10. The third-order valence-electron chi connectivity index (χ3n) is 2.17. The molecule has 0 unspecified atom stereocenters. The third kappa shape index (κ3) is 2.63. The smallest absolute Gasteiger partial charge is 0.244 e. The number of ether oxygens (including phenoxy) is 1. The highest BCUT2D eigenvalue weighted by Crippen LogP contribution is 2.33. The predicted octanol–water partition coefficient (Wildman–Crippen LogP) is 3.85. The molecule has 0 saturated heterocycles. The molecule has 0 aliphatic carbocycles. The van der Waals surface area contributed by atoms with Gasteiger partial charge in [0.15, 0.2) is 0 Å². The fourth-order valence-electron chi connectivity index (χ4n) is 1.29. The first-order valence-corrected chi connectivity index (χ1v) is 6.48. The molecule has 90 valence electrons. The number of pyridine rings is 1. The molecule has 1 heterocycles. The van der Waals surface area contributed by atoms with Crippen molar-refractivity contribution in [3.8, 4) is 17.7 Å². The van der Waals surface area contributed by atoms with Crippen LogP contribution in [0.3, 0.4) is 0 Å². The second-order valence-corrected chi connectivity index (χ2v) is 5.14. The first-order valence-electron chi connectivity index (χ1n) is 4.89. The molecule has 2 N–H and O–H groups in total. The molecule has 0 aliphatic rings. The van der Waals surface area contributed by atoms with Crippen LogP contribution in [0.15, 0.2) is 39.4 Å². The number of anilines is 1. The minimum absolute atomic E-state index is 0.220. The molecule has 1 aromatic heterocycles. The van der Waals surface area contributed by atoms with Gasteiger partial charge in [0.2, 0.25) is 5.88 Å². The number of hydrogen-bond acceptors (Lipinski definition) is 4. The Balaban J connectivity index is 2.38. The van der Waals surface area contributed by atoms with E-state index >= 15 is 0 Å². The molecule has 6 heteroatoms. The molecule has 0 saturated carbocycles. The average Bonchev–Trinajstić information content (AvgIpc) is 2.35. The molecule has 0 bridgehead atoms. The summed E-state index contributed by atoms with van der Waals surface area (Å²) in [6, 6.07) is 8.98. The van der Waals surface area contributed by atoms with Crippen molar-refractivity contribution in [3.63, 3.8) is 0 Å². The minimum atomic E-state index is 0.220. The molecule has 2 rings (SSSR count). The summed E-state index contributed by atoms with van der Waals surface area (Å²) >= 11 is 6.73. The van der Waals surface area contributed by atoms with Crippen molar-refractivity contribution in [2.24, 2.45) is 0 Å². The van der Waals surface area contributed by atoms with Gasteiger partial charge in [-0.15, -0.1) is 0 Å². The van der Waals surface area contributed by atoms with Gasteiger partial charge in [-0.25, -0.2) is 4.98 Å². The minimum Gasteiger partial charge on any atom is -0.436 e. The van der Waals surface area contributed by atoms with Gasteiger partial charge in [0.25, 0.3) is 0 Å². The molecule has 2 aromatic rings. The van der Waals surface area contributed by atoms with Crippen molar-refractivity contribution < 1.29 is 4.74 Å². The summed E-state index contributed by atoms with van der Waals surface area (Å²) in [6.45, 7) is 0. The predicted molar refractivity (Wildman–Crippen MR) is 75.3 cm³/mol. The zero-order valence-corrected chi connectivity index (χ0v) is 12.2. The quantitative estimate of drug-likeness (QED) is 0.873. The molecule has 0 atom stereocenters. The fraction of sp³-hybridized carbons (Fsp3) is 0. The Morgan fingerprint density at radius 2 is 2.06 bits per heavy atom. The van der Waals surface area contributed by atoms with Crippen molar-refractivity contribution in [1.82, 2.24) is 4.98 Å². The van der Waals surface area contributed by atoms with Crippen LogP contribution in [0.1, 0.15) is 5.56 Å². The van der Waals surface area contributed by atoms with Crippen molar-refractivity contribution in [3.05, 3.63) is 45.0 Å². The number of nitrogen functional groups attached to an aromatic ring is 1. The summed E-state index contributed by atoms with van der Waals surface area (Å²) in [6.07, 6.45) is 1.48. The molecular formula is C12H7Br2N3O. The lowest BCUT2D eigenvalue weighted by Crippen LogP contribution is -1.98. The summed E-state index contributed by atoms with van der Waals surface area (Å²) < 4.78 is 7.27. The monoisotopic (exact) mass is 367 g/mol. The molecule has 0 amide bonds. The van der Waals surface area contributed by atoms with Crippen LogP contribution >= 0.6 is 31.9 Å². The standard InChI is InChI=1S/C12H7Br2N3O/c13-8-1-2-10(9(14)5-8)18-12-11(16)7(6-15)3-4-17-12/h1-5H,16H2. The topological polar surface area (TPSA) is 71.9 Å². The second kappa shape index (κ2) is 5.38. The highest BCUT2D eigenvalue weighted by atomic mass is 79.9. The van der Waals surface area contributed by atoms with Crippen LogP contribution in [-0.2, 0) is 0 Å². The number of nitrogens with two attached hydrogens (primary N) is 1. The largest absolute Gasteiger partial charge is 0.436 e.